The second kappa shape index (κ2) is 9.25. The first-order valence-electron chi connectivity index (χ1n) is 10.2. The Morgan fingerprint density at radius 2 is 1.93 bits per heavy atom. The average Bonchev–Trinajstić information content (AvgIpc) is 3.28. The monoisotopic (exact) mass is 383 g/mol. The van der Waals surface area contributed by atoms with Gasteiger partial charge in [0.05, 0.1) is 6.10 Å². The molecule has 4 heterocycles. The average molecular weight is 384 g/mol. The molecule has 0 saturated carbocycles. The van der Waals surface area contributed by atoms with Crippen LogP contribution in [0.15, 0.2) is 24.8 Å². The molecule has 4 rings (SSSR count). The predicted octanol–water partition coefficient (Wildman–Crippen LogP) is 1.74. The smallest absolute Gasteiger partial charge is 0.222 e. The number of hydrogen-bond acceptors (Lipinski definition) is 8. The third kappa shape index (κ3) is 4.94. The standard InChI is InChI=1S/C20H29N7O/c1-2-17-10-19(25-15-24-17)27-7-5-26(6-8-27)14-16-11-21-20(22-12-16)23-13-18-4-3-9-28-18/h10-12,15,18H,2-9,13-14H2,1H3,(H,21,22,23). The van der Waals surface area contributed by atoms with Crippen molar-refractivity contribution in [2.24, 2.45) is 0 Å². The van der Waals surface area contributed by atoms with Gasteiger partial charge in [-0.2, -0.15) is 0 Å². The molecule has 28 heavy (non-hydrogen) atoms. The highest BCUT2D eigenvalue weighted by Gasteiger charge is 2.19. The van der Waals surface area contributed by atoms with Gasteiger partial charge < -0.3 is 15.0 Å². The number of anilines is 2. The molecule has 2 aliphatic rings. The van der Waals surface area contributed by atoms with Crippen molar-refractivity contribution in [3.05, 3.63) is 36.0 Å². The molecule has 2 aromatic rings. The Bertz CT molecular complexity index is 740. The van der Waals surface area contributed by atoms with E-state index in [0.29, 0.717) is 12.1 Å². The summed E-state index contributed by atoms with van der Waals surface area (Å²) in [6.07, 6.45) is 9.02. The molecule has 0 aromatic carbocycles. The topological polar surface area (TPSA) is 79.3 Å². The molecule has 0 bridgehead atoms. The first kappa shape index (κ1) is 19.0. The maximum atomic E-state index is 5.62. The largest absolute Gasteiger partial charge is 0.376 e. The molecule has 2 aliphatic heterocycles. The van der Waals surface area contributed by atoms with Crippen molar-refractivity contribution in [2.45, 2.75) is 38.8 Å². The first-order chi connectivity index (χ1) is 13.8. The van der Waals surface area contributed by atoms with Gasteiger partial charge in [0.2, 0.25) is 5.95 Å². The molecule has 0 amide bonds. The minimum atomic E-state index is 0.294. The van der Waals surface area contributed by atoms with Gasteiger partial charge in [-0.3, -0.25) is 4.90 Å². The summed E-state index contributed by atoms with van der Waals surface area (Å²) in [6.45, 7) is 8.61. The number of aromatic nitrogens is 4. The van der Waals surface area contributed by atoms with Crippen LogP contribution in [0.1, 0.15) is 31.0 Å². The molecule has 0 aliphatic carbocycles. The molecule has 2 fully saturated rings. The minimum absolute atomic E-state index is 0.294. The van der Waals surface area contributed by atoms with Crippen molar-refractivity contribution in [2.75, 3.05) is 49.5 Å². The highest BCUT2D eigenvalue weighted by Crippen LogP contribution is 2.16. The van der Waals surface area contributed by atoms with Crippen LogP contribution in [0.5, 0.6) is 0 Å². The van der Waals surface area contributed by atoms with Gasteiger partial charge in [-0.05, 0) is 19.3 Å². The van der Waals surface area contributed by atoms with Crippen LogP contribution in [0, 0.1) is 0 Å². The molecule has 1 unspecified atom stereocenters. The molecule has 2 aromatic heterocycles. The molecule has 8 heteroatoms. The fourth-order valence-corrected chi connectivity index (χ4v) is 3.68. The number of nitrogens with one attached hydrogen (secondary N) is 1. The van der Waals surface area contributed by atoms with Crippen molar-refractivity contribution in [3.63, 3.8) is 0 Å². The van der Waals surface area contributed by atoms with Gasteiger partial charge in [0.15, 0.2) is 0 Å². The van der Waals surface area contributed by atoms with E-state index >= 15 is 0 Å². The van der Waals surface area contributed by atoms with Crippen LogP contribution in [-0.4, -0.2) is 70.3 Å². The van der Waals surface area contributed by atoms with E-state index in [1.807, 2.05) is 12.4 Å². The number of ether oxygens (including phenoxy) is 1. The Kier molecular flexibility index (Phi) is 6.28. The van der Waals surface area contributed by atoms with Crippen LogP contribution < -0.4 is 10.2 Å². The first-order valence-corrected chi connectivity index (χ1v) is 10.2. The SMILES string of the molecule is CCc1cc(N2CCN(Cc3cnc(NCC4CCCO4)nc3)CC2)ncn1. The normalized spacial score (nSPS) is 20.5. The zero-order valence-electron chi connectivity index (χ0n) is 16.5. The van der Waals surface area contributed by atoms with Crippen LogP contribution in [0.4, 0.5) is 11.8 Å². The Morgan fingerprint density at radius 3 is 2.64 bits per heavy atom. The molecule has 2 saturated heterocycles. The van der Waals surface area contributed by atoms with Crippen molar-refractivity contribution in [3.8, 4) is 0 Å². The lowest BCUT2D eigenvalue weighted by molar-refractivity contribution is 0.120. The van der Waals surface area contributed by atoms with Gasteiger partial charge in [-0.1, -0.05) is 6.92 Å². The molecule has 150 valence electrons. The highest BCUT2D eigenvalue weighted by molar-refractivity contribution is 5.39. The number of piperazine rings is 1. The molecule has 1 N–H and O–H groups in total. The Balaban J connectivity index is 1.24. The summed E-state index contributed by atoms with van der Waals surface area (Å²) in [5.41, 5.74) is 2.24. The minimum Gasteiger partial charge on any atom is -0.376 e. The summed E-state index contributed by atoms with van der Waals surface area (Å²) in [5.74, 6) is 1.72. The van der Waals surface area contributed by atoms with Gasteiger partial charge in [-0.15, -0.1) is 0 Å². The van der Waals surface area contributed by atoms with Gasteiger partial charge in [0.25, 0.3) is 0 Å². The highest BCUT2D eigenvalue weighted by atomic mass is 16.5. The van der Waals surface area contributed by atoms with E-state index in [-0.39, 0.29) is 0 Å². The summed E-state index contributed by atoms with van der Waals surface area (Å²) < 4.78 is 5.62. The number of rotatable bonds is 7. The van der Waals surface area contributed by atoms with Crippen molar-refractivity contribution in [1.82, 2.24) is 24.8 Å². The summed E-state index contributed by atoms with van der Waals surface area (Å²) in [6, 6.07) is 2.10. The second-order valence-corrected chi connectivity index (χ2v) is 7.42. The Labute approximate surface area is 166 Å². The number of nitrogens with zero attached hydrogens (tertiary/aromatic N) is 6. The van der Waals surface area contributed by atoms with Crippen molar-refractivity contribution < 1.29 is 4.74 Å². The lowest BCUT2D eigenvalue weighted by atomic mass is 10.2. The van der Waals surface area contributed by atoms with E-state index in [4.69, 9.17) is 4.74 Å². The van der Waals surface area contributed by atoms with Gasteiger partial charge in [0.1, 0.15) is 12.1 Å². The summed E-state index contributed by atoms with van der Waals surface area (Å²) >= 11 is 0. The number of aryl methyl sites for hydroxylation is 1. The van der Waals surface area contributed by atoms with Gasteiger partial charge >= 0.3 is 0 Å². The van der Waals surface area contributed by atoms with Crippen LogP contribution in [0.2, 0.25) is 0 Å². The van der Waals surface area contributed by atoms with E-state index in [2.05, 4.69) is 48.0 Å². The maximum absolute atomic E-state index is 5.62. The molecular formula is C20H29N7O. The molecular weight excluding hydrogens is 354 g/mol. The van der Waals surface area contributed by atoms with E-state index < -0.39 is 0 Å². The van der Waals surface area contributed by atoms with Gasteiger partial charge in [0, 0.05) is 75.6 Å². The van der Waals surface area contributed by atoms with Crippen LogP contribution >= 0.6 is 0 Å². The zero-order valence-corrected chi connectivity index (χ0v) is 16.5. The van der Waals surface area contributed by atoms with Crippen molar-refractivity contribution >= 4 is 11.8 Å². The van der Waals surface area contributed by atoms with Crippen LogP contribution in [-0.2, 0) is 17.7 Å². The predicted molar refractivity (Wildman–Crippen MR) is 108 cm³/mol. The van der Waals surface area contributed by atoms with E-state index in [1.165, 1.54) is 0 Å². The fraction of sp³-hybridized carbons (Fsp3) is 0.600. The summed E-state index contributed by atoms with van der Waals surface area (Å²) in [4.78, 5) is 22.4. The van der Waals surface area contributed by atoms with E-state index in [9.17, 15) is 0 Å². The molecule has 1 atom stereocenters. The third-order valence-electron chi connectivity index (χ3n) is 5.39. The van der Waals surface area contributed by atoms with Crippen LogP contribution in [0.3, 0.4) is 0 Å². The van der Waals surface area contributed by atoms with E-state index in [0.717, 1.165) is 82.2 Å². The van der Waals surface area contributed by atoms with Crippen molar-refractivity contribution in [1.29, 1.82) is 0 Å². The summed E-state index contributed by atoms with van der Waals surface area (Å²) in [7, 11) is 0. The molecule has 0 spiro atoms. The number of hydrogen-bond donors (Lipinski definition) is 1. The second-order valence-electron chi connectivity index (χ2n) is 7.42. The zero-order chi connectivity index (χ0) is 19.2. The summed E-state index contributed by atoms with van der Waals surface area (Å²) in [5, 5.41) is 3.27. The molecule has 8 nitrogen and oxygen atoms in total. The third-order valence-corrected chi connectivity index (χ3v) is 5.39. The lowest BCUT2D eigenvalue weighted by Crippen LogP contribution is -2.46. The maximum Gasteiger partial charge on any atom is 0.222 e. The van der Waals surface area contributed by atoms with Gasteiger partial charge in [-0.25, -0.2) is 19.9 Å². The quantitative estimate of drug-likeness (QED) is 0.775. The van der Waals surface area contributed by atoms with E-state index in [1.54, 1.807) is 6.33 Å². The Morgan fingerprint density at radius 1 is 1.11 bits per heavy atom. The van der Waals surface area contributed by atoms with Crippen LogP contribution in [0.25, 0.3) is 0 Å². The Hall–Kier alpha value is -2.32. The fourth-order valence-electron chi connectivity index (χ4n) is 3.68. The lowest BCUT2D eigenvalue weighted by Gasteiger charge is -2.35. The molecule has 0 radical (unpaired) electrons.